The van der Waals surface area contributed by atoms with Gasteiger partial charge in [-0.25, -0.2) is 0 Å². The number of rotatable bonds is 4. The van der Waals surface area contributed by atoms with Crippen molar-refractivity contribution in [1.82, 2.24) is 5.32 Å². The van der Waals surface area contributed by atoms with Crippen LogP contribution in [-0.2, 0) is 6.54 Å². The molecule has 110 valence electrons. The summed E-state index contributed by atoms with van der Waals surface area (Å²) in [7, 11) is 0. The van der Waals surface area contributed by atoms with E-state index in [4.69, 9.17) is 46.4 Å². The van der Waals surface area contributed by atoms with E-state index in [1.165, 1.54) is 18.4 Å². The number of hydrogen-bond donors (Lipinski definition) is 1. The predicted molar refractivity (Wildman–Crippen MR) is 91.8 cm³/mol. The molecule has 1 N–H and O–H groups in total. The van der Waals surface area contributed by atoms with Gasteiger partial charge in [0, 0.05) is 18.2 Å². The SMILES string of the molecule is Clc1cc(Cl)c(Cl)c(-c2ccc(CNC3CC3)cc2)c1Cl. The van der Waals surface area contributed by atoms with Crippen LogP contribution in [0.4, 0.5) is 0 Å². The Morgan fingerprint density at radius 1 is 0.905 bits per heavy atom. The summed E-state index contributed by atoms with van der Waals surface area (Å²) in [5.41, 5.74) is 2.81. The molecule has 1 aliphatic carbocycles. The maximum atomic E-state index is 6.27. The fourth-order valence-electron chi connectivity index (χ4n) is 2.17. The molecule has 0 aliphatic heterocycles. The highest BCUT2D eigenvalue weighted by Crippen LogP contribution is 2.43. The normalized spacial score (nSPS) is 14.5. The molecule has 2 aromatic carbocycles. The third kappa shape index (κ3) is 3.49. The molecule has 1 saturated carbocycles. The summed E-state index contributed by atoms with van der Waals surface area (Å²) in [6, 6.07) is 10.4. The van der Waals surface area contributed by atoms with Gasteiger partial charge in [0.2, 0.25) is 0 Å². The molecule has 1 fully saturated rings. The second-order valence-electron chi connectivity index (χ2n) is 5.20. The van der Waals surface area contributed by atoms with E-state index in [-0.39, 0.29) is 0 Å². The van der Waals surface area contributed by atoms with Gasteiger partial charge in [-0.05, 0) is 30.0 Å². The van der Waals surface area contributed by atoms with Crippen LogP contribution >= 0.6 is 46.4 Å². The monoisotopic (exact) mass is 359 g/mol. The van der Waals surface area contributed by atoms with Crippen molar-refractivity contribution in [3.63, 3.8) is 0 Å². The van der Waals surface area contributed by atoms with Gasteiger partial charge in [0.05, 0.1) is 20.1 Å². The zero-order valence-corrected chi connectivity index (χ0v) is 14.1. The van der Waals surface area contributed by atoms with Crippen LogP contribution in [0.15, 0.2) is 30.3 Å². The summed E-state index contributed by atoms with van der Waals surface area (Å²) in [5, 5.41) is 5.14. The van der Waals surface area contributed by atoms with Crippen molar-refractivity contribution < 1.29 is 0 Å². The Morgan fingerprint density at radius 2 is 1.48 bits per heavy atom. The topological polar surface area (TPSA) is 12.0 Å². The Balaban J connectivity index is 1.89. The van der Waals surface area contributed by atoms with E-state index in [9.17, 15) is 0 Å². The largest absolute Gasteiger partial charge is 0.310 e. The summed E-state index contributed by atoms with van der Waals surface area (Å²) in [5.74, 6) is 0. The van der Waals surface area contributed by atoms with E-state index in [1.54, 1.807) is 6.07 Å². The minimum atomic E-state index is 0.403. The van der Waals surface area contributed by atoms with Gasteiger partial charge in [-0.15, -0.1) is 0 Å². The van der Waals surface area contributed by atoms with E-state index in [1.807, 2.05) is 12.1 Å². The van der Waals surface area contributed by atoms with Gasteiger partial charge in [-0.1, -0.05) is 70.7 Å². The van der Waals surface area contributed by atoms with Gasteiger partial charge in [-0.2, -0.15) is 0 Å². The van der Waals surface area contributed by atoms with E-state index in [0.29, 0.717) is 31.7 Å². The highest BCUT2D eigenvalue weighted by atomic mass is 35.5. The average molecular weight is 361 g/mol. The highest BCUT2D eigenvalue weighted by molar-refractivity contribution is 6.50. The minimum Gasteiger partial charge on any atom is -0.310 e. The number of benzene rings is 2. The Kier molecular flexibility index (Phi) is 4.68. The zero-order chi connectivity index (χ0) is 15.0. The van der Waals surface area contributed by atoms with Crippen molar-refractivity contribution >= 4 is 46.4 Å². The zero-order valence-electron chi connectivity index (χ0n) is 11.1. The Labute approximate surface area is 144 Å². The molecule has 3 rings (SSSR count). The molecule has 5 heteroatoms. The molecule has 0 radical (unpaired) electrons. The van der Waals surface area contributed by atoms with Crippen molar-refractivity contribution in [2.45, 2.75) is 25.4 Å². The van der Waals surface area contributed by atoms with Gasteiger partial charge >= 0.3 is 0 Å². The van der Waals surface area contributed by atoms with Crippen LogP contribution in [0.25, 0.3) is 11.1 Å². The first-order valence-corrected chi connectivity index (χ1v) is 8.23. The summed E-state index contributed by atoms with van der Waals surface area (Å²) in [6.45, 7) is 0.878. The molecule has 0 bridgehead atoms. The Bertz CT molecular complexity index is 637. The lowest BCUT2D eigenvalue weighted by molar-refractivity contribution is 0.688. The highest BCUT2D eigenvalue weighted by Gasteiger charge is 2.20. The summed E-state index contributed by atoms with van der Waals surface area (Å²) >= 11 is 24.7. The molecular formula is C16H13Cl4N. The fraction of sp³-hybridized carbons (Fsp3) is 0.250. The van der Waals surface area contributed by atoms with Crippen molar-refractivity contribution in [3.8, 4) is 11.1 Å². The lowest BCUT2D eigenvalue weighted by atomic mass is 10.0. The molecule has 0 unspecified atom stereocenters. The Morgan fingerprint density at radius 3 is 2.00 bits per heavy atom. The minimum absolute atomic E-state index is 0.403. The molecule has 0 atom stereocenters. The van der Waals surface area contributed by atoms with Gasteiger partial charge in [-0.3, -0.25) is 0 Å². The van der Waals surface area contributed by atoms with Crippen molar-refractivity contribution in [2.24, 2.45) is 0 Å². The quantitative estimate of drug-likeness (QED) is 0.638. The first-order valence-electron chi connectivity index (χ1n) is 6.72. The summed E-state index contributed by atoms with van der Waals surface area (Å²) < 4.78 is 0. The first kappa shape index (κ1) is 15.5. The molecule has 2 aromatic rings. The van der Waals surface area contributed by atoms with Gasteiger partial charge in [0.25, 0.3) is 0 Å². The molecule has 0 heterocycles. The van der Waals surface area contributed by atoms with Crippen LogP contribution in [0, 0.1) is 0 Å². The van der Waals surface area contributed by atoms with E-state index < -0.39 is 0 Å². The molecule has 21 heavy (non-hydrogen) atoms. The second kappa shape index (κ2) is 6.36. The number of halogens is 4. The van der Waals surface area contributed by atoms with Crippen molar-refractivity contribution in [1.29, 1.82) is 0 Å². The van der Waals surface area contributed by atoms with E-state index in [0.717, 1.165) is 12.1 Å². The summed E-state index contributed by atoms with van der Waals surface area (Å²) in [6.07, 6.45) is 2.56. The third-order valence-electron chi connectivity index (χ3n) is 3.53. The molecule has 0 aromatic heterocycles. The van der Waals surface area contributed by atoms with Crippen molar-refractivity contribution in [2.75, 3.05) is 0 Å². The van der Waals surface area contributed by atoms with Crippen molar-refractivity contribution in [3.05, 3.63) is 56.0 Å². The maximum absolute atomic E-state index is 6.27. The summed E-state index contributed by atoms with van der Waals surface area (Å²) in [4.78, 5) is 0. The van der Waals surface area contributed by atoms with Gasteiger partial charge in [0.1, 0.15) is 0 Å². The second-order valence-corrected chi connectivity index (χ2v) is 6.77. The van der Waals surface area contributed by atoms with Gasteiger partial charge in [0.15, 0.2) is 0 Å². The first-order chi connectivity index (χ1) is 10.1. The molecule has 0 saturated heterocycles. The maximum Gasteiger partial charge on any atom is 0.0686 e. The third-order valence-corrected chi connectivity index (χ3v) is 5.10. The van der Waals surface area contributed by atoms with Crippen LogP contribution in [-0.4, -0.2) is 6.04 Å². The lowest BCUT2D eigenvalue weighted by Gasteiger charge is -2.11. The van der Waals surface area contributed by atoms with Crippen LogP contribution in [0.1, 0.15) is 18.4 Å². The van der Waals surface area contributed by atoms with Crippen LogP contribution < -0.4 is 5.32 Å². The standard InChI is InChI=1S/C16H13Cl4N/c17-12-7-13(18)16(20)14(15(12)19)10-3-1-9(2-4-10)8-21-11-5-6-11/h1-4,7,11,21H,5-6,8H2. The number of nitrogens with one attached hydrogen (secondary N) is 1. The van der Waals surface area contributed by atoms with Crippen LogP contribution in [0.3, 0.4) is 0 Å². The van der Waals surface area contributed by atoms with E-state index >= 15 is 0 Å². The molecule has 1 aliphatic rings. The van der Waals surface area contributed by atoms with E-state index in [2.05, 4.69) is 17.4 Å². The average Bonchev–Trinajstić information content (AvgIpc) is 3.29. The smallest absolute Gasteiger partial charge is 0.0686 e. The molecular weight excluding hydrogens is 348 g/mol. The number of hydrogen-bond acceptors (Lipinski definition) is 1. The van der Waals surface area contributed by atoms with Crippen LogP contribution in [0.2, 0.25) is 20.1 Å². The van der Waals surface area contributed by atoms with Gasteiger partial charge < -0.3 is 5.32 Å². The fourth-order valence-corrected chi connectivity index (χ4v) is 3.19. The molecule has 0 amide bonds. The Hall–Kier alpha value is -0.440. The predicted octanol–water partition coefficient (Wildman–Crippen LogP) is 6.22. The lowest BCUT2D eigenvalue weighted by Crippen LogP contribution is -2.14. The molecule has 1 nitrogen and oxygen atoms in total. The molecule has 0 spiro atoms. The van der Waals surface area contributed by atoms with Crippen LogP contribution in [0.5, 0.6) is 0 Å².